The van der Waals surface area contributed by atoms with Gasteiger partial charge in [-0.25, -0.2) is 0 Å². The molecule has 0 radical (unpaired) electrons. The van der Waals surface area contributed by atoms with Crippen LogP contribution in [0.3, 0.4) is 0 Å². The van der Waals surface area contributed by atoms with Crippen molar-refractivity contribution in [2.75, 3.05) is 17.2 Å². The molecule has 0 aliphatic carbocycles. The number of nitrogen functional groups attached to an aromatic ring is 1. The number of nitrogens with two attached hydrogens (primary N) is 1. The summed E-state index contributed by atoms with van der Waals surface area (Å²) < 4.78 is 5.85. The number of benzene rings is 1. The van der Waals surface area contributed by atoms with E-state index in [1.807, 2.05) is 18.2 Å². The minimum Gasteiger partial charge on any atom is -0.423 e. The average Bonchev–Trinajstić information content (AvgIpc) is 2.93. The molecule has 0 amide bonds. The number of aromatic nitrogens is 1. The molecule has 4 nitrogen and oxygen atoms in total. The monoisotopic (exact) mass is 245 g/mol. The number of anilines is 2. The maximum atomic E-state index is 5.85. The summed E-state index contributed by atoms with van der Waals surface area (Å²) >= 11 is 0. The molecule has 18 heavy (non-hydrogen) atoms. The van der Waals surface area contributed by atoms with E-state index in [1.54, 1.807) is 0 Å². The van der Waals surface area contributed by atoms with Gasteiger partial charge in [-0.2, -0.15) is 4.98 Å². The molecular formula is C14H19N3O. The van der Waals surface area contributed by atoms with E-state index in [4.69, 9.17) is 10.2 Å². The molecule has 1 saturated heterocycles. The van der Waals surface area contributed by atoms with Crippen molar-refractivity contribution in [1.29, 1.82) is 0 Å². The number of hydrogen-bond acceptors (Lipinski definition) is 4. The van der Waals surface area contributed by atoms with Crippen LogP contribution in [0.5, 0.6) is 0 Å². The molecule has 1 aliphatic heterocycles. The fraction of sp³-hybridized carbons (Fsp3) is 0.500. The van der Waals surface area contributed by atoms with E-state index in [0.717, 1.165) is 23.7 Å². The van der Waals surface area contributed by atoms with Crippen LogP contribution in [-0.2, 0) is 0 Å². The Kier molecular flexibility index (Phi) is 2.65. The zero-order valence-electron chi connectivity index (χ0n) is 10.9. The zero-order chi connectivity index (χ0) is 12.7. The van der Waals surface area contributed by atoms with Crippen molar-refractivity contribution in [3.63, 3.8) is 0 Å². The molecule has 3 rings (SSSR count). The summed E-state index contributed by atoms with van der Waals surface area (Å²) in [4.78, 5) is 6.86. The molecule has 1 unspecified atom stereocenters. The van der Waals surface area contributed by atoms with E-state index in [2.05, 4.69) is 23.7 Å². The topological polar surface area (TPSA) is 55.3 Å². The first-order chi connectivity index (χ1) is 8.65. The first-order valence-corrected chi connectivity index (χ1v) is 6.58. The van der Waals surface area contributed by atoms with Crippen molar-refractivity contribution in [2.24, 2.45) is 5.92 Å². The van der Waals surface area contributed by atoms with Crippen LogP contribution in [0, 0.1) is 5.92 Å². The lowest BCUT2D eigenvalue weighted by Gasteiger charge is -2.25. The van der Waals surface area contributed by atoms with Gasteiger partial charge in [0.15, 0.2) is 5.58 Å². The van der Waals surface area contributed by atoms with Crippen molar-refractivity contribution in [1.82, 2.24) is 4.98 Å². The molecule has 1 aliphatic rings. The van der Waals surface area contributed by atoms with Gasteiger partial charge in [0.25, 0.3) is 6.01 Å². The highest BCUT2D eigenvalue weighted by molar-refractivity contribution is 5.78. The van der Waals surface area contributed by atoms with E-state index in [-0.39, 0.29) is 0 Å². The Balaban J connectivity index is 1.98. The third-order valence-electron chi connectivity index (χ3n) is 3.72. The average molecular weight is 245 g/mol. The van der Waals surface area contributed by atoms with Crippen LogP contribution < -0.4 is 10.6 Å². The molecule has 1 aromatic carbocycles. The van der Waals surface area contributed by atoms with E-state index >= 15 is 0 Å². The third kappa shape index (κ3) is 1.82. The second kappa shape index (κ2) is 4.19. The lowest BCUT2D eigenvalue weighted by molar-refractivity contribution is 0.461. The summed E-state index contributed by atoms with van der Waals surface area (Å²) in [6.07, 6.45) is 2.43. The Bertz CT molecular complexity index is 561. The molecule has 1 fully saturated rings. The van der Waals surface area contributed by atoms with Crippen LogP contribution in [0.15, 0.2) is 22.6 Å². The number of oxazole rings is 1. The summed E-state index contributed by atoms with van der Waals surface area (Å²) in [6, 6.07) is 6.89. The highest BCUT2D eigenvalue weighted by Gasteiger charge is 2.30. The second-order valence-electron chi connectivity index (χ2n) is 5.37. The largest absolute Gasteiger partial charge is 0.423 e. The molecule has 96 valence electrons. The summed E-state index contributed by atoms with van der Waals surface area (Å²) in [5, 5.41) is 0. The zero-order valence-corrected chi connectivity index (χ0v) is 10.9. The first-order valence-electron chi connectivity index (χ1n) is 6.58. The van der Waals surface area contributed by atoms with Gasteiger partial charge in [-0.15, -0.1) is 0 Å². The molecule has 0 bridgehead atoms. The number of nitrogens with zero attached hydrogens (tertiary/aromatic N) is 2. The van der Waals surface area contributed by atoms with Crippen LogP contribution in [0.2, 0.25) is 0 Å². The van der Waals surface area contributed by atoms with E-state index in [9.17, 15) is 0 Å². The molecule has 1 atom stereocenters. The number of fused-ring (bicyclic) bond motifs is 1. The van der Waals surface area contributed by atoms with Crippen LogP contribution in [-0.4, -0.2) is 17.6 Å². The van der Waals surface area contributed by atoms with E-state index in [0.29, 0.717) is 17.6 Å². The van der Waals surface area contributed by atoms with Gasteiger partial charge < -0.3 is 15.1 Å². The van der Waals surface area contributed by atoms with Crippen LogP contribution in [0.4, 0.5) is 11.7 Å². The Labute approximate surface area is 107 Å². The van der Waals surface area contributed by atoms with Gasteiger partial charge in [0.05, 0.1) is 0 Å². The highest BCUT2D eigenvalue weighted by atomic mass is 16.4. The van der Waals surface area contributed by atoms with Crippen molar-refractivity contribution in [3.05, 3.63) is 18.2 Å². The van der Waals surface area contributed by atoms with Gasteiger partial charge in [0, 0.05) is 24.3 Å². The minimum absolute atomic E-state index is 0.537. The molecule has 2 aromatic rings. The van der Waals surface area contributed by atoms with Gasteiger partial charge in [0.2, 0.25) is 0 Å². The normalized spacial score (nSPS) is 20.2. The summed E-state index contributed by atoms with van der Waals surface area (Å²) in [7, 11) is 0. The molecule has 4 heteroatoms. The Hall–Kier alpha value is -1.71. The van der Waals surface area contributed by atoms with Crippen molar-refractivity contribution in [2.45, 2.75) is 32.7 Å². The maximum Gasteiger partial charge on any atom is 0.298 e. The fourth-order valence-electron chi connectivity index (χ4n) is 2.78. The Morgan fingerprint density at radius 3 is 3.06 bits per heavy atom. The standard InChI is InChI=1S/C14H19N3O/c1-9(2)12-4-3-7-17(12)14-16-11-6-5-10(15)8-13(11)18-14/h5-6,8-9,12H,3-4,7,15H2,1-2H3. The Morgan fingerprint density at radius 1 is 1.44 bits per heavy atom. The molecule has 0 spiro atoms. The quantitative estimate of drug-likeness (QED) is 0.826. The van der Waals surface area contributed by atoms with Crippen molar-refractivity contribution < 1.29 is 4.42 Å². The lowest BCUT2D eigenvalue weighted by Crippen LogP contribution is -2.33. The van der Waals surface area contributed by atoms with Crippen molar-refractivity contribution >= 4 is 22.8 Å². The first kappa shape index (κ1) is 11.4. The van der Waals surface area contributed by atoms with E-state index < -0.39 is 0 Å². The summed E-state index contributed by atoms with van der Waals surface area (Å²) in [5.41, 5.74) is 8.14. The highest BCUT2D eigenvalue weighted by Crippen LogP contribution is 2.31. The van der Waals surface area contributed by atoms with Crippen LogP contribution >= 0.6 is 0 Å². The van der Waals surface area contributed by atoms with E-state index in [1.165, 1.54) is 12.8 Å². The van der Waals surface area contributed by atoms with Gasteiger partial charge in [-0.3, -0.25) is 0 Å². The predicted octanol–water partition coefficient (Wildman–Crippen LogP) is 3.03. The molecule has 2 heterocycles. The minimum atomic E-state index is 0.537. The Morgan fingerprint density at radius 2 is 2.28 bits per heavy atom. The second-order valence-corrected chi connectivity index (χ2v) is 5.37. The number of hydrogen-bond donors (Lipinski definition) is 1. The van der Waals surface area contributed by atoms with Gasteiger partial charge >= 0.3 is 0 Å². The molecule has 0 saturated carbocycles. The van der Waals surface area contributed by atoms with Gasteiger partial charge in [-0.05, 0) is 30.9 Å². The number of rotatable bonds is 2. The SMILES string of the molecule is CC(C)C1CCCN1c1nc2ccc(N)cc2o1. The predicted molar refractivity (Wildman–Crippen MR) is 73.6 cm³/mol. The third-order valence-corrected chi connectivity index (χ3v) is 3.72. The lowest BCUT2D eigenvalue weighted by atomic mass is 10.0. The van der Waals surface area contributed by atoms with Gasteiger partial charge in [-0.1, -0.05) is 13.8 Å². The van der Waals surface area contributed by atoms with Crippen LogP contribution in [0.1, 0.15) is 26.7 Å². The smallest absolute Gasteiger partial charge is 0.298 e. The molecule has 1 aromatic heterocycles. The molecule has 2 N–H and O–H groups in total. The molecular weight excluding hydrogens is 226 g/mol. The van der Waals surface area contributed by atoms with Crippen molar-refractivity contribution in [3.8, 4) is 0 Å². The summed E-state index contributed by atoms with van der Waals surface area (Å²) in [6.45, 7) is 5.54. The summed E-state index contributed by atoms with van der Waals surface area (Å²) in [5.74, 6) is 0.618. The van der Waals surface area contributed by atoms with Gasteiger partial charge in [0.1, 0.15) is 5.52 Å². The van der Waals surface area contributed by atoms with Crippen LogP contribution in [0.25, 0.3) is 11.1 Å². The fourth-order valence-corrected chi connectivity index (χ4v) is 2.78. The maximum absolute atomic E-state index is 5.85.